The Bertz CT molecular complexity index is 1220. The molecule has 4 rings (SSSR count). The van der Waals surface area contributed by atoms with E-state index in [1.165, 1.54) is 18.2 Å². The number of alkyl halides is 3. The number of aromatic nitrogens is 2. The fourth-order valence-corrected chi connectivity index (χ4v) is 5.66. The Morgan fingerprint density at radius 2 is 1.92 bits per heavy atom. The fraction of sp³-hybridized carbons (Fsp3) is 0.467. The van der Waals surface area contributed by atoms with Gasteiger partial charge in [-0.3, -0.25) is 9.69 Å². The van der Waals surface area contributed by atoms with Crippen molar-refractivity contribution in [1.29, 1.82) is 0 Å². The fourth-order valence-electron chi connectivity index (χ4n) is 5.66. The van der Waals surface area contributed by atoms with Crippen LogP contribution >= 0.6 is 0 Å². The summed E-state index contributed by atoms with van der Waals surface area (Å²) in [5, 5.41) is 3.15. The standard InChI is InChI=1S/C30H37F3N4O2/c1-4-5-9-27(36-19-21(2)34-20-36)28(39-3)12-13-29(38)35-24-17-25-10-11-26(18-24)37(25)15-14-22-7-6-8-23(16-22)30(31,32)33/h5-9,12-13,16,19-20,24-26H,4,10-11,14-15,17-18H2,1-3H3,(H,35,38)/b9-5-,13-12+,28-27-. The van der Waals surface area contributed by atoms with Gasteiger partial charge in [-0.15, -0.1) is 0 Å². The molecule has 2 fully saturated rings. The van der Waals surface area contributed by atoms with Gasteiger partial charge in [0.05, 0.1) is 30.4 Å². The molecule has 210 valence electrons. The smallest absolute Gasteiger partial charge is 0.416 e. The highest BCUT2D eigenvalue weighted by Gasteiger charge is 2.40. The molecule has 2 aliphatic rings. The molecule has 1 aromatic heterocycles. The van der Waals surface area contributed by atoms with Gasteiger partial charge in [0.25, 0.3) is 0 Å². The number of nitrogens with one attached hydrogen (secondary N) is 1. The van der Waals surface area contributed by atoms with Gasteiger partial charge in [-0.05, 0) is 69.2 Å². The summed E-state index contributed by atoms with van der Waals surface area (Å²) in [5.74, 6) is 0.378. The number of fused-ring (bicyclic) bond motifs is 2. The van der Waals surface area contributed by atoms with Crippen molar-refractivity contribution in [1.82, 2.24) is 19.8 Å². The molecule has 0 aliphatic carbocycles. The minimum Gasteiger partial charge on any atom is -0.495 e. The van der Waals surface area contributed by atoms with Gasteiger partial charge in [-0.1, -0.05) is 31.2 Å². The number of piperidine rings is 1. The van der Waals surface area contributed by atoms with E-state index in [1.807, 2.05) is 36.8 Å². The Labute approximate surface area is 228 Å². The summed E-state index contributed by atoms with van der Waals surface area (Å²) in [6.07, 6.45) is 11.7. The van der Waals surface area contributed by atoms with E-state index in [0.717, 1.165) is 56.1 Å². The maximum atomic E-state index is 13.1. The van der Waals surface area contributed by atoms with Crippen LogP contribution in [0.4, 0.5) is 13.2 Å². The third kappa shape index (κ3) is 7.41. The van der Waals surface area contributed by atoms with E-state index < -0.39 is 11.7 Å². The SMILES string of the molecule is CC\C=C/C(=C(\C=C\C(=O)NC1CC2CCC(C1)N2CCc1cccc(C(F)(F)F)c1)OC)n1cnc(C)c1. The monoisotopic (exact) mass is 542 g/mol. The minimum absolute atomic E-state index is 0.0650. The van der Waals surface area contributed by atoms with Crippen LogP contribution in [0.3, 0.4) is 0 Å². The van der Waals surface area contributed by atoms with Crippen LogP contribution in [0.15, 0.2) is 66.9 Å². The summed E-state index contributed by atoms with van der Waals surface area (Å²) >= 11 is 0. The van der Waals surface area contributed by atoms with Gasteiger partial charge in [-0.25, -0.2) is 4.98 Å². The third-order valence-electron chi connectivity index (χ3n) is 7.50. The van der Waals surface area contributed by atoms with Gasteiger partial charge in [0, 0.05) is 36.9 Å². The van der Waals surface area contributed by atoms with Crippen molar-refractivity contribution in [3.8, 4) is 0 Å². The first-order valence-corrected chi connectivity index (χ1v) is 13.5. The molecule has 0 spiro atoms. The lowest BCUT2D eigenvalue weighted by Gasteiger charge is -2.39. The topological polar surface area (TPSA) is 59.4 Å². The first-order chi connectivity index (χ1) is 18.7. The average Bonchev–Trinajstić information content (AvgIpc) is 3.43. The van der Waals surface area contributed by atoms with E-state index in [4.69, 9.17) is 4.74 Å². The van der Waals surface area contributed by atoms with Crippen LogP contribution in [0.2, 0.25) is 0 Å². The highest BCUT2D eigenvalue weighted by Crippen LogP contribution is 2.36. The first-order valence-electron chi connectivity index (χ1n) is 13.5. The van der Waals surface area contributed by atoms with Crippen molar-refractivity contribution < 1.29 is 22.7 Å². The molecule has 0 radical (unpaired) electrons. The van der Waals surface area contributed by atoms with Crippen molar-refractivity contribution in [3.63, 3.8) is 0 Å². The molecule has 6 nitrogen and oxygen atoms in total. The molecular weight excluding hydrogens is 505 g/mol. The lowest BCUT2D eigenvalue weighted by Crippen LogP contribution is -2.50. The van der Waals surface area contributed by atoms with Crippen LogP contribution in [0.25, 0.3) is 5.70 Å². The number of benzene rings is 1. The number of carbonyl (C=O) groups is 1. The Balaban J connectivity index is 1.35. The van der Waals surface area contributed by atoms with E-state index >= 15 is 0 Å². The van der Waals surface area contributed by atoms with E-state index in [1.54, 1.807) is 25.6 Å². The lowest BCUT2D eigenvalue weighted by atomic mass is 9.96. The second kappa shape index (κ2) is 12.7. The molecule has 2 aromatic rings. The molecule has 2 aliphatic heterocycles. The zero-order chi connectivity index (χ0) is 28.0. The Morgan fingerprint density at radius 3 is 2.54 bits per heavy atom. The number of aryl methyl sites for hydroxylation is 1. The van der Waals surface area contributed by atoms with Crippen molar-refractivity contribution in [2.45, 2.75) is 76.7 Å². The van der Waals surface area contributed by atoms with Crippen LogP contribution in [-0.2, 0) is 22.1 Å². The van der Waals surface area contributed by atoms with Crippen LogP contribution in [0, 0.1) is 6.92 Å². The summed E-state index contributed by atoms with van der Waals surface area (Å²) in [4.78, 5) is 19.5. The predicted octanol–water partition coefficient (Wildman–Crippen LogP) is 5.90. The van der Waals surface area contributed by atoms with Crippen LogP contribution < -0.4 is 5.32 Å². The molecule has 1 aromatic carbocycles. The molecule has 2 unspecified atom stereocenters. The molecule has 39 heavy (non-hydrogen) atoms. The number of hydrogen-bond donors (Lipinski definition) is 1. The normalized spacial score (nSPS) is 22.5. The van der Waals surface area contributed by atoms with Gasteiger partial charge >= 0.3 is 6.18 Å². The average molecular weight is 543 g/mol. The number of amides is 1. The molecule has 2 saturated heterocycles. The third-order valence-corrected chi connectivity index (χ3v) is 7.50. The van der Waals surface area contributed by atoms with Crippen molar-refractivity contribution in [2.24, 2.45) is 0 Å². The number of carbonyl (C=O) groups excluding carboxylic acids is 1. The number of allylic oxidation sites excluding steroid dienone is 4. The van der Waals surface area contributed by atoms with Crippen LogP contribution in [0.1, 0.15) is 55.8 Å². The van der Waals surface area contributed by atoms with Crippen molar-refractivity contribution >= 4 is 11.6 Å². The molecule has 2 atom stereocenters. The number of hydrogen-bond acceptors (Lipinski definition) is 4. The van der Waals surface area contributed by atoms with Crippen LogP contribution in [-0.4, -0.2) is 52.1 Å². The second-order valence-electron chi connectivity index (χ2n) is 10.3. The van der Waals surface area contributed by atoms with Gasteiger partial charge in [-0.2, -0.15) is 13.2 Å². The van der Waals surface area contributed by atoms with Crippen LogP contribution in [0.5, 0.6) is 0 Å². The number of imidazole rings is 1. The Morgan fingerprint density at radius 1 is 1.18 bits per heavy atom. The summed E-state index contributed by atoms with van der Waals surface area (Å²) in [7, 11) is 1.58. The number of rotatable bonds is 10. The van der Waals surface area contributed by atoms with Crippen molar-refractivity contribution in [3.05, 3.63) is 83.7 Å². The number of halogens is 3. The lowest BCUT2D eigenvalue weighted by molar-refractivity contribution is -0.137. The van der Waals surface area contributed by atoms with Crippen molar-refractivity contribution in [2.75, 3.05) is 13.7 Å². The predicted molar refractivity (Wildman–Crippen MR) is 146 cm³/mol. The van der Waals surface area contributed by atoms with E-state index in [-0.39, 0.29) is 11.9 Å². The highest BCUT2D eigenvalue weighted by atomic mass is 19.4. The van der Waals surface area contributed by atoms with Gasteiger partial charge in [0.1, 0.15) is 5.76 Å². The first kappa shape index (κ1) is 28.7. The zero-order valence-corrected chi connectivity index (χ0v) is 22.7. The van der Waals surface area contributed by atoms with E-state index in [0.29, 0.717) is 29.8 Å². The second-order valence-corrected chi connectivity index (χ2v) is 10.3. The van der Waals surface area contributed by atoms with E-state index in [9.17, 15) is 18.0 Å². The van der Waals surface area contributed by atoms with Gasteiger partial charge in [0.2, 0.25) is 5.91 Å². The molecule has 2 bridgehead atoms. The molecular formula is C30H37F3N4O2. The maximum Gasteiger partial charge on any atom is 0.416 e. The highest BCUT2D eigenvalue weighted by molar-refractivity contribution is 5.88. The van der Waals surface area contributed by atoms with Gasteiger partial charge in [0.15, 0.2) is 0 Å². The van der Waals surface area contributed by atoms with E-state index in [2.05, 4.69) is 15.2 Å². The molecule has 3 heterocycles. The summed E-state index contributed by atoms with van der Waals surface area (Å²) < 4.78 is 46.7. The Hall–Kier alpha value is -3.33. The summed E-state index contributed by atoms with van der Waals surface area (Å²) in [6, 6.07) is 6.32. The maximum absolute atomic E-state index is 13.1. The number of ether oxygens (including phenoxy) is 1. The minimum atomic E-state index is -4.33. The Kier molecular flexibility index (Phi) is 9.32. The number of nitrogens with zero attached hydrogens (tertiary/aromatic N) is 3. The summed E-state index contributed by atoms with van der Waals surface area (Å²) in [5.41, 5.74) is 1.77. The molecule has 1 N–H and O–H groups in total. The number of methoxy groups -OCH3 is 1. The zero-order valence-electron chi connectivity index (χ0n) is 22.7. The van der Waals surface area contributed by atoms with Gasteiger partial charge < -0.3 is 14.6 Å². The molecule has 1 amide bonds. The quantitative estimate of drug-likeness (QED) is 0.231. The largest absolute Gasteiger partial charge is 0.495 e. The molecule has 0 saturated carbocycles. The summed E-state index contributed by atoms with van der Waals surface area (Å²) in [6.45, 7) is 4.69. The molecule has 9 heteroatoms.